The minimum atomic E-state index is -4.59. The number of alkyl halides is 3. The standard InChI is InChI=1S/C24H21F3N6O/c1-14-11-28-31-22(14)16-9-18-19(20(10-16)24(25,26)27)12-33(23(18)34)17-5-3-4-15(8-17)6-7-21-30-29-13-32(21)2/h3-5,8-11,13H,6-7,12H2,1-2H3,(H,28,31). The number of amides is 1. The van der Waals surface area contributed by atoms with Crippen molar-refractivity contribution in [1.29, 1.82) is 0 Å². The number of rotatable bonds is 5. The summed E-state index contributed by atoms with van der Waals surface area (Å²) in [5, 5.41) is 14.6. The molecule has 0 unspecified atom stereocenters. The first kappa shape index (κ1) is 21.9. The highest BCUT2D eigenvalue weighted by atomic mass is 19.4. The van der Waals surface area contributed by atoms with E-state index in [1.165, 1.54) is 17.2 Å². The molecule has 3 heterocycles. The van der Waals surface area contributed by atoms with Crippen molar-refractivity contribution in [2.45, 2.75) is 32.5 Å². The summed E-state index contributed by atoms with van der Waals surface area (Å²) in [6.07, 6.45) is -0.118. The van der Waals surface area contributed by atoms with Crippen molar-refractivity contribution < 1.29 is 18.0 Å². The van der Waals surface area contributed by atoms with Crippen molar-refractivity contribution in [3.63, 3.8) is 0 Å². The molecule has 34 heavy (non-hydrogen) atoms. The number of aryl methyl sites for hydroxylation is 4. The fourth-order valence-corrected chi connectivity index (χ4v) is 4.32. The Hall–Kier alpha value is -3.95. The van der Waals surface area contributed by atoms with Gasteiger partial charge < -0.3 is 9.47 Å². The third-order valence-electron chi connectivity index (χ3n) is 6.13. The quantitative estimate of drug-likeness (QED) is 0.471. The van der Waals surface area contributed by atoms with Crippen LogP contribution in [0.2, 0.25) is 0 Å². The van der Waals surface area contributed by atoms with Crippen LogP contribution in [0.4, 0.5) is 18.9 Å². The summed E-state index contributed by atoms with van der Waals surface area (Å²) in [5.41, 5.74) is 2.21. The number of carbonyl (C=O) groups excluding carboxylic acids is 1. The van der Waals surface area contributed by atoms with Crippen LogP contribution in [0, 0.1) is 6.92 Å². The number of nitrogens with one attached hydrogen (secondary N) is 1. The van der Waals surface area contributed by atoms with Crippen molar-refractivity contribution in [2.24, 2.45) is 7.05 Å². The van der Waals surface area contributed by atoms with E-state index >= 15 is 0 Å². The molecule has 0 radical (unpaired) electrons. The molecule has 0 saturated heterocycles. The lowest BCUT2D eigenvalue weighted by Crippen LogP contribution is -2.23. The predicted octanol–water partition coefficient (Wildman–Crippen LogP) is 4.48. The van der Waals surface area contributed by atoms with Gasteiger partial charge in [-0.3, -0.25) is 9.89 Å². The SMILES string of the molecule is Cc1cn[nH]c1-c1cc2c(c(C(F)(F)F)c1)CN(c1cccc(CCc3nncn3C)c1)C2=O. The zero-order valence-corrected chi connectivity index (χ0v) is 18.5. The highest BCUT2D eigenvalue weighted by Crippen LogP contribution is 2.41. The van der Waals surface area contributed by atoms with E-state index in [2.05, 4.69) is 20.4 Å². The molecule has 1 aliphatic heterocycles. The summed E-state index contributed by atoms with van der Waals surface area (Å²) in [5.74, 6) is 0.372. The number of carbonyl (C=O) groups is 1. The third-order valence-corrected chi connectivity index (χ3v) is 6.13. The normalized spacial score (nSPS) is 13.6. The van der Waals surface area contributed by atoms with Gasteiger partial charge >= 0.3 is 6.18 Å². The van der Waals surface area contributed by atoms with Gasteiger partial charge in [-0.25, -0.2) is 0 Å². The average Bonchev–Trinajstić information content (AvgIpc) is 3.50. The number of benzene rings is 2. The van der Waals surface area contributed by atoms with Crippen LogP contribution in [-0.2, 0) is 32.6 Å². The Morgan fingerprint density at radius 3 is 2.65 bits per heavy atom. The zero-order valence-electron chi connectivity index (χ0n) is 18.5. The maximum absolute atomic E-state index is 14.0. The van der Waals surface area contributed by atoms with Crippen LogP contribution in [0.15, 0.2) is 48.9 Å². The topological polar surface area (TPSA) is 79.7 Å². The minimum absolute atomic E-state index is 0.0112. The van der Waals surface area contributed by atoms with Gasteiger partial charge in [-0.2, -0.15) is 18.3 Å². The molecule has 2 aromatic heterocycles. The van der Waals surface area contributed by atoms with Crippen molar-refractivity contribution in [3.05, 3.63) is 82.6 Å². The first-order valence-corrected chi connectivity index (χ1v) is 10.7. The molecule has 1 aliphatic rings. The summed E-state index contributed by atoms with van der Waals surface area (Å²) in [6.45, 7) is 1.61. The van der Waals surface area contributed by atoms with Gasteiger partial charge in [-0.1, -0.05) is 12.1 Å². The molecule has 174 valence electrons. The number of H-pyrrole nitrogens is 1. The molecule has 5 rings (SSSR count). The first-order chi connectivity index (χ1) is 16.2. The van der Waals surface area contributed by atoms with E-state index in [-0.39, 0.29) is 23.2 Å². The van der Waals surface area contributed by atoms with Gasteiger partial charge in [0, 0.05) is 30.3 Å². The Labute approximate surface area is 193 Å². The number of aromatic nitrogens is 5. The van der Waals surface area contributed by atoms with E-state index in [1.54, 1.807) is 19.3 Å². The van der Waals surface area contributed by atoms with Gasteiger partial charge in [-0.15, -0.1) is 10.2 Å². The molecule has 0 fully saturated rings. The molecule has 10 heteroatoms. The lowest BCUT2D eigenvalue weighted by Gasteiger charge is -2.17. The van der Waals surface area contributed by atoms with Gasteiger partial charge in [0.2, 0.25) is 0 Å². The number of hydrogen-bond acceptors (Lipinski definition) is 4. The van der Waals surface area contributed by atoms with Gasteiger partial charge in [0.1, 0.15) is 12.2 Å². The van der Waals surface area contributed by atoms with Crippen LogP contribution in [0.5, 0.6) is 0 Å². The van der Waals surface area contributed by atoms with E-state index in [1.807, 2.05) is 29.8 Å². The molecule has 7 nitrogen and oxygen atoms in total. The summed E-state index contributed by atoms with van der Waals surface area (Å²) in [6, 6.07) is 9.92. The lowest BCUT2D eigenvalue weighted by atomic mass is 9.96. The number of anilines is 1. The molecule has 0 atom stereocenters. The van der Waals surface area contributed by atoms with E-state index in [9.17, 15) is 18.0 Å². The van der Waals surface area contributed by atoms with Crippen LogP contribution in [-0.4, -0.2) is 30.9 Å². The number of aromatic amines is 1. The van der Waals surface area contributed by atoms with Crippen LogP contribution in [0.1, 0.15) is 38.4 Å². The molecule has 4 aromatic rings. The zero-order chi connectivity index (χ0) is 24.0. The molecule has 1 N–H and O–H groups in total. The predicted molar refractivity (Wildman–Crippen MR) is 119 cm³/mol. The highest BCUT2D eigenvalue weighted by Gasteiger charge is 2.40. The number of halogens is 3. The first-order valence-electron chi connectivity index (χ1n) is 10.7. The van der Waals surface area contributed by atoms with Crippen LogP contribution < -0.4 is 4.90 Å². The van der Waals surface area contributed by atoms with Gasteiger partial charge in [0.25, 0.3) is 5.91 Å². The monoisotopic (exact) mass is 466 g/mol. The molecule has 0 bridgehead atoms. The van der Waals surface area contributed by atoms with Crippen LogP contribution >= 0.6 is 0 Å². The lowest BCUT2D eigenvalue weighted by molar-refractivity contribution is -0.138. The van der Waals surface area contributed by atoms with Gasteiger partial charge in [-0.05, 0) is 54.3 Å². The fourth-order valence-electron chi connectivity index (χ4n) is 4.32. The maximum atomic E-state index is 14.0. The second-order valence-electron chi connectivity index (χ2n) is 8.39. The summed E-state index contributed by atoms with van der Waals surface area (Å²) < 4.78 is 43.8. The van der Waals surface area contributed by atoms with Crippen molar-refractivity contribution in [2.75, 3.05) is 4.90 Å². The van der Waals surface area contributed by atoms with Gasteiger partial charge in [0.05, 0.1) is 24.0 Å². The molecule has 0 aliphatic carbocycles. The Kier molecular flexibility index (Phi) is 5.22. The number of hydrogen-bond donors (Lipinski definition) is 1. The molecular formula is C24H21F3N6O. The number of nitrogens with zero attached hydrogens (tertiary/aromatic N) is 5. The Morgan fingerprint density at radius 2 is 1.97 bits per heavy atom. The second kappa shape index (κ2) is 8.12. The largest absolute Gasteiger partial charge is 0.416 e. The van der Waals surface area contributed by atoms with E-state index in [0.29, 0.717) is 29.8 Å². The van der Waals surface area contributed by atoms with Gasteiger partial charge in [0.15, 0.2) is 0 Å². The molecule has 0 spiro atoms. The molecule has 0 saturated carbocycles. The van der Waals surface area contributed by atoms with Crippen molar-refractivity contribution in [3.8, 4) is 11.3 Å². The van der Waals surface area contributed by atoms with Crippen LogP contribution in [0.3, 0.4) is 0 Å². The number of fused-ring (bicyclic) bond motifs is 1. The Bertz CT molecular complexity index is 1390. The van der Waals surface area contributed by atoms with E-state index in [4.69, 9.17) is 0 Å². The highest BCUT2D eigenvalue weighted by molar-refractivity contribution is 6.11. The summed E-state index contributed by atoms with van der Waals surface area (Å²) in [4.78, 5) is 14.7. The van der Waals surface area contributed by atoms with E-state index < -0.39 is 17.6 Å². The summed E-state index contributed by atoms with van der Waals surface area (Å²) in [7, 11) is 1.86. The van der Waals surface area contributed by atoms with E-state index in [0.717, 1.165) is 17.5 Å². The Balaban J connectivity index is 1.48. The molecular weight excluding hydrogens is 445 g/mol. The smallest absolute Gasteiger partial charge is 0.321 e. The summed E-state index contributed by atoms with van der Waals surface area (Å²) >= 11 is 0. The van der Waals surface area contributed by atoms with Crippen LogP contribution in [0.25, 0.3) is 11.3 Å². The Morgan fingerprint density at radius 1 is 1.15 bits per heavy atom. The third kappa shape index (κ3) is 3.85. The average molecular weight is 466 g/mol. The molecule has 1 amide bonds. The van der Waals surface area contributed by atoms with Crippen molar-refractivity contribution >= 4 is 11.6 Å². The second-order valence-corrected chi connectivity index (χ2v) is 8.39. The fraction of sp³-hybridized carbons (Fsp3) is 0.250. The molecule has 2 aromatic carbocycles. The minimum Gasteiger partial charge on any atom is -0.321 e. The van der Waals surface area contributed by atoms with Crippen molar-refractivity contribution in [1.82, 2.24) is 25.0 Å². The maximum Gasteiger partial charge on any atom is 0.416 e.